The number of thioether (sulfide) groups is 1. The van der Waals surface area contributed by atoms with Gasteiger partial charge in [0.1, 0.15) is 5.82 Å². The quantitative estimate of drug-likeness (QED) is 0.791. The van der Waals surface area contributed by atoms with E-state index in [4.69, 9.17) is 0 Å². The maximum atomic E-state index is 13.1. The summed E-state index contributed by atoms with van der Waals surface area (Å²) in [6.45, 7) is 1.91. The number of hydrogen-bond donors (Lipinski definition) is 1. The monoisotopic (exact) mass is 278 g/mol. The molecule has 1 aromatic carbocycles. The Morgan fingerprint density at radius 2 is 2.11 bits per heavy atom. The Morgan fingerprint density at radius 3 is 2.67 bits per heavy atom. The highest BCUT2D eigenvalue weighted by molar-refractivity contribution is 8.14. The molecular weight excluding hydrogens is 268 g/mol. The van der Waals surface area contributed by atoms with E-state index in [1.807, 2.05) is 6.92 Å². The van der Waals surface area contributed by atoms with E-state index in [0.717, 1.165) is 17.9 Å². The topological polar surface area (TPSA) is 24.4 Å². The molecule has 0 aromatic heterocycles. The summed E-state index contributed by atoms with van der Waals surface area (Å²) in [5.74, 6) is -0.488. The number of amidine groups is 1. The molecule has 0 aliphatic carbocycles. The van der Waals surface area contributed by atoms with E-state index in [1.54, 1.807) is 0 Å². The Bertz CT molecular complexity index is 484. The van der Waals surface area contributed by atoms with Gasteiger partial charge in [0.25, 0.3) is 0 Å². The van der Waals surface area contributed by atoms with Gasteiger partial charge in [-0.1, -0.05) is 11.8 Å². The van der Waals surface area contributed by atoms with Crippen LogP contribution in [0.25, 0.3) is 0 Å². The predicted octanol–water partition coefficient (Wildman–Crippen LogP) is 3.75. The van der Waals surface area contributed by atoms with Crippen LogP contribution in [0.1, 0.15) is 12.5 Å². The average molecular weight is 278 g/mol. The first-order chi connectivity index (χ1) is 8.36. The predicted molar refractivity (Wildman–Crippen MR) is 64.4 cm³/mol. The summed E-state index contributed by atoms with van der Waals surface area (Å²) in [5, 5.41) is 3.31. The zero-order valence-corrected chi connectivity index (χ0v) is 10.2. The van der Waals surface area contributed by atoms with Crippen LogP contribution in [0.15, 0.2) is 23.2 Å². The van der Waals surface area contributed by atoms with E-state index in [0.29, 0.717) is 5.17 Å². The Hall–Kier alpha value is -1.24. The van der Waals surface area contributed by atoms with Crippen LogP contribution in [0, 0.1) is 5.82 Å². The highest BCUT2D eigenvalue weighted by atomic mass is 32.2. The molecule has 2 nitrogen and oxygen atoms in total. The molecule has 2 rings (SSSR count). The highest BCUT2D eigenvalue weighted by Crippen LogP contribution is 2.33. The third-order valence-corrected chi connectivity index (χ3v) is 3.45. The number of rotatable bonds is 1. The SMILES string of the molecule is CC1CSC(Nc2ccc(F)c(C(F)(F)F)c2)=N1. The van der Waals surface area contributed by atoms with Crippen molar-refractivity contribution >= 4 is 22.6 Å². The number of benzene rings is 1. The van der Waals surface area contributed by atoms with Crippen LogP contribution in [-0.4, -0.2) is 17.0 Å². The molecule has 0 bridgehead atoms. The van der Waals surface area contributed by atoms with Crippen LogP contribution < -0.4 is 5.32 Å². The molecule has 1 N–H and O–H groups in total. The van der Waals surface area contributed by atoms with E-state index in [1.165, 1.54) is 17.8 Å². The molecule has 1 aliphatic rings. The molecule has 0 saturated carbocycles. The molecule has 98 valence electrons. The molecule has 1 heterocycles. The molecule has 0 spiro atoms. The van der Waals surface area contributed by atoms with Gasteiger partial charge in [0.15, 0.2) is 5.17 Å². The summed E-state index contributed by atoms with van der Waals surface area (Å²) in [7, 11) is 0. The molecule has 0 radical (unpaired) electrons. The van der Waals surface area contributed by atoms with Crippen LogP contribution in [0.4, 0.5) is 23.2 Å². The molecule has 1 atom stereocenters. The molecule has 1 aromatic rings. The van der Waals surface area contributed by atoms with Gasteiger partial charge in [0, 0.05) is 11.4 Å². The Kier molecular flexibility index (Phi) is 3.52. The van der Waals surface area contributed by atoms with Crippen LogP contribution in [0.3, 0.4) is 0 Å². The summed E-state index contributed by atoms with van der Waals surface area (Å²) < 4.78 is 50.6. The summed E-state index contributed by atoms with van der Waals surface area (Å²) in [5.41, 5.74) is -1.09. The van der Waals surface area contributed by atoms with Gasteiger partial charge in [-0.05, 0) is 25.1 Å². The molecule has 0 saturated heterocycles. The number of alkyl halides is 3. The normalized spacial score (nSPS) is 19.8. The zero-order chi connectivity index (χ0) is 13.3. The van der Waals surface area contributed by atoms with E-state index in [-0.39, 0.29) is 11.7 Å². The Morgan fingerprint density at radius 1 is 1.39 bits per heavy atom. The van der Waals surface area contributed by atoms with Gasteiger partial charge >= 0.3 is 6.18 Å². The lowest BCUT2D eigenvalue weighted by molar-refractivity contribution is -0.139. The standard InChI is InChI=1S/C11H10F4N2S/c1-6-5-18-10(16-6)17-7-2-3-9(12)8(4-7)11(13,14)15/h2-4,6H,5H2,1H3,(H,16,17). The van der Waals surface area contributed by atoms with Crippen LogP contribution in [0.5, 0.6) is 0 Å². The minimum Gasteiger partial charge on any atom is -0.335 e. The second kappa shape index (κ2) is 4.79. The van der Waals surface area contributed by atoms with Crippen molar-refractivity contribution in [3.05, 3.63) is 29.6 Å². The number of hydrogen-bond acceptors (Lipinski definition) is 3. The van der Waals surface area contributed by atoms with Crippen molar-refractivity contribution in [3.63, 3.8) is 0 Å². The molecule has 0 amide bonds. The fraction of sp³-hybridized carbons (Fsp3) is 0.364. The summed E-state index contributed by atoms with van der Waals surface area (Å²) in [4.78, 5) is 4.19. The number of aliphatic imine (C=N–C) groups is 1. The second-order valence-corrected chi connectivity index (χ2v) is 4.92. The molecule has 1 aliphatic heterocycles. The largest absolute Gasteiger partial charge is 0.419 e. The van der Waals surface area contributed by atoms with Gasteiger partial charge in [0.2, 0.25) is 0 Å². The minimum absolute atomic E-state index is 0.139. The number of halogens is 4. The first kappa shape index (κ1) is 13.2. The first-order valence-corrected chi connectivity index (χ1v) is 6.19. The van der Waals surface area contributed by atoms with Crippen molar-refractivity contribution in [3.8, 4) is 0 Å². The smallest absolute Gasteiger partial charge is 0.335 e. The van der Waals surface area contributed by atoms with Gasteiger partial charge in [-0.25, -0.2) is 4.39 Å². The van der Waals surface area contributed by atoms with Gasteiger partial charge in [-0.2, -0.15) is 13.2 Å². The van der Waals surface area contributed by atoms with Crippen LogP contribution >= 0.6 is 11.8 Å². The number of anilines is 1. The van der Waals surface area contributed by atoms with Crippen molar-refractivity contribution in [2.75, 3.05) is 11.1 Å². The van der Waals surface area contributed by atoms with E-state index in [2.05, 4.69) is 10.3 Å². The summed E-state index contributed by atoms with van der Waals surface area (Å²) in [6.07, 6.45) is -4.69. The third kappa shape index (κ3) is 2.95. The lowest BCUT2D eigenvalue weighted by Crippen LogP contribution is -2.11. The van der Waals surface area contributed by atoms with Crippen molar-refractivity contribution in [2.24, 2.45) is 4.99 Å². The molecular formula is C11H10F4N2S. The fourth-order valence-electron chi connectivity index (χ4n) is 1.49. The van der Waals surface area contributed by atoms with E-state index in [9.17, 15) is 17.6 Å². The number of nitrogens with zero attached hydrogens (tertiary/aromatic N) is 1. The highest BCUT2D eigenvalue weighted by Gasteiger charge is 2.34. The van der Waals surface area contributed by atoms with Gasteiger partial charge in [-0.3, -0.25) is 4.99 Å². The van der Waals surface area contributed by atoms with Crippen LogP contribution in [-0.2, 0) is 6.18 Å². The molecule has 1 unspecified atom stereocenters. The van der Waals surface area contributed by atoms with Crippen LogP contribution in [0.2, 0.25) is 0 Å². The molecule has 0 fully saturated rings. The van der Waals surface area contributed by atoms with Crippen molar-refractivity contribution in [2.45, 2.75) is 19.1 Å². The Labute approximate surface area is 105 Å². The zero-order valence-electron chi connectivity index (χ0n) is 9.38. The van der Waals surface area contributed by atoms with E-state index < -0.39 is 17.6 Å². The van der Waals surface area contributed by atoms with E-state index >= 15 is 0 Å². The minimum atomic E-state index is -4.69. The first-order valence-electron chi connectivity index (χ1n) is 5.20. The number of nitrogens with one attached hydrogen (secondary N) is 1. The molecule has 18 heavy (non-hydrogen) atoms. The molecule has 7 heteroatoms. The van der Waals surface area contributed by atoms with Crippen molar-refractivity contribution < 1.29 is 17.6 Å². The second-order valence-electron chi connectivity index (χ2n) is 3.91. The maximum absolute atomic E-state index is 13.1. The van der Waals surface area contributed by atoms with Crippen molar-refractivity contribution in [1.29, 1.82) is 0 Å². The summed E-state index contributed by atoms with van der Waals surface area (Å²) in [6, 6.07) is 2.95. The van der Waals surface area contributed by atoms with Gasteiger partial charge < -0.3 is 5.32 Å². The van der Waals surface area contributed by atoms with Crippen molar-refractivity contribution in [1.82, 2.24) is 0 Å². The lowest BCUT2D eigenvalue weighted by atomic mass is 10.2. The third-order valence-electron chi connectivity index (χ3n) is 2.32. The lowest BCUT2D eigenvalue weighted by Gasteiger charge is -2.11. The van der Waals surface area contributed by atoms with Gasteiger partial charge in [0.05, 0.1) is 11.6 Å². The Balaban J connectivity index is 2.23. The average Bonchev–Trinajstić information content (AvgIpc) is 2.65. The van der Waals surface area contributed by atoms with Gasteiger partial charge in [-0.15, -0.1) is 0 Å². The fourth-order valence-corrected chi connectivity index (χ4v) is 2.40. The summed E-state index contributed by atoms with van der Waals surface area (Å²) >= 11 is 1.43. The maximum Gasteiger partial charge on any atom is 0.419 e.